The van der Waals surface area contributed by atoms with E-state index >= 15 is 0 Å². The molecule has 2 nitrogen and oxygen atoms in total. The summed E-state index contributed by atoms with van der Waals surface area (Å²) >= 11 is 0. The second-order valence-electron chi connectivity index (χ2n) is 6.51. The average Bonchev–Trinajstić information content (AvgIpc) is 2.50. The maximum absolute atomic E-state index is 5.96. The fraction of sp³-hybridized carbons (Fsp3) is 1.00. The predicted octanol–water partition coefficient (Wildman–Crippen LogP) is 5.84. The highest BCUT2D eigenvalue weighted by atomic mass is 16.5. The van der Waals surface area contributed by atoms with E-state index in [1.807, 2.05) is 0 Å². The molecule has 3 unspecified atom stereocenters. The lowest BCUT2D eigenvalue weighted by atomic mass is 10.0. The second kappa shape index (κ2) is 14.8. The Morgan fingerprint density at radius 3 is 1.71 bits per heavy atom. The Labute approximate surface area is 134 Å². The molecule has 3 atom stereocenters. The van der Waals surface area contributed by atoms with Crippen LogP contribution in [-0.4, -0.2) is 25.9 Å². The van der Waals surface area contributed by atoms with Crippen molar-refractivity contribution in [3.05, 3.63) is 0 Å². The van der Waals surface area contributed by atoms with Crippen LogP contribution in [0.3, 0.4) is 0 Å². The van der Waals surface area contributed by atoms with Crippen molar-refractivity contribution in [1.82, 2.24) is 0 Å². The summed E-state index contributed by atoms with van der Waals surface area (Å²) in [6.45, 7) is 13.7. The summed E-state index contributed by atoms with van der Waals surface area (Å²) in [5.74, 6) is 1.45. The van der Waals surface area contributed by atoms with Crippen LogP contribution in [0.1, 0.15) is 86.0 Å². The van der Waals surface area contributed by atoms with E-state index in [4.69, 9.17) is 9.47 Å². The SMILES string of the molecule is CCCCC(CC)COCC(C)OCC(CC)CCCC. The maximum Gasteiger partial charge on any atom is 0.0780 e. The van der Waals surface area contributed by atoms with E-state index in [0.717, 1.165) is 31.7 Å². The molecule has 0 N–H and O–H groups in total. The molecule has 0 saturated heterocycles. The first-order valence-electron chi connectivity index (χ1n) is 9.37. The van der Waals surface area contributed by atoms with Crippen molar-refractivity contribution in [3.63, 3.8) is 0 Å². The van der Waals surface area contributed by atoms with Gasteiger partial charge in [0.2, 0.25) is 0 Å². The van der Waals surface area contributed by atoms with Gasteiger partial charge in [-0.1, -0.05) is 66.2 Å². The first-order valence-corrected chi connectivity index (χ1v) is 9.37. The Kier molecular flexibility index (Phi) is 14.8. The minimum Gasteiger partial charge on any atom is -0.378 e. The van der Waals surface area contributed by atoms with Gasteiger partial charge in [-0.15, -0.1) is 0 Å². The Morgan fingerprint density at radius 1 is 0.714 bits per heavy atom. The number of ether oxygens (including phenoxy) is 2. The largest absolute Gasteiger partial charge is 0.378 e. The van der Waals surface area contributed by atoms with Gasteiger partial charge < -0.3 is 9.47 Å². The third-order valence-electron chi connectivity index (χ3n) is 4.41. The molecule has 0 bridgehead atoms. The maximum atomic E-state index is 5.96. The zero-order valence-electron chi connectivity index (χ0n) is 15.3. The van der Waals surface area contributed by atoms with Crippen LogP contribution in [0.25, 0.3) is 0 Å². The number of hydrogen-bond donors (Lipinski definition) is 0. The summed E-state index contributed by atoms with van der Waals surface area (Å²) in [6.07, 6.45) is 10.5. The molecule has 0 aliphatic carbocycles. The van der Waals surface area contributed by atoms with E-state index in [9.17, 15) is 0 Å². The van der Waals surface area contributed by atoms with Crippen molar-refractivity contribution >= 4 is 0 Å². The van der Waals surface area contributed by atoms with E-state index in [-0.39, 0.29) is 6.10 Å². The minimum atomic E-state index is 0.226. The van der Waals surface area contributed by atoms with Gasteiger partial charge in [-0.25, -0.2) is 0 Å². The van der Waals surface area contributed by atoms with E-state index < -0.39 is 0 Å². The lowest BCUT2D eigenvalue weighted by Crippen LogP contribution is -2.22. The number of hydrogen-bond acceptors (Lipinski definition) is 2. The van der Waals surface area contributed by atoms with Crippen molar-refractivity contribution in [2.75, 3.05) is 19.8 Å². The van der Waals surface area contributed by atoms with Crippen LogP contribution in [0.4, 0.5) is 0 Å². The van der Waals surface area contributed by atoms with Gasteiger partial charge in [-0.3, -0.25) is 0 Å². The molecular weight excluding hydrogens is 260 g/mol. The molecule has 0 aromatic carbocycles. The number of unbranched alkanes of at least 4 members (excludes halogenated alkanes) is 2. The van der Waals surface area contributed by atoms with Crippen molar-refractivity contribution in [3.8, 4) is 0 Å². The van der Waals surface area contributed by atoms with E-state index in [0.29, 0.717) is 0 Å². The molecule has 21 heavy (non-hydrogen) atoms. The van der Waals surface area contributed by atoms with Crippen LogP contribution in [0.5, 0.6) is 0 Å². The van der Waals surface area contributed by atoms with Gasteiger partial charge in [0.15, 0.2) is 0 Å². The van der Waals surface area contributed by atoms with Gasteiger partial charge in [0, 0.05) is 13.2 Å². The highest BCUT2D eigenvalue weighted by Crippen LogP contribution is 2.15. The molecule has 0 aromatic heterocycles. The van der Waals surface area contributed by atoms with Gasteiger partial charge in [-0.2, -0.15) is 0 Å². The first-order chi connectivity index (χ1) is 10.2. The normalized spacial score (nSPS) is 15.9. The summed E-state index contributed by atoms with van der Waals surface area (Å²) < 4.78 is 11.8. The summed E-state index contributed by atoms with van der Waals surface area (Å²) in [4.78, 5) is 0. The standard InChI is InChI=1S/C19H40O2/c1-6-10-12-18(8-3)15-20-14-17(5)21-16-19(9-4)13-11-7-2/h17-19H,6-16H2,1-5H3. The second-order valence-corrected chi connectivity index (χ2v) is 6.51. The molecule has 0 rings (SSSR count). The third kappa shape index (κ3) is 12.2. The third-order valence-corrected chi connectivity index (χ3v) is 4.41. The smallest absolute Gasteiger partial charge is 0.0780 e. The van der Waals surface area contributed by atoms with Crippen LogP contribution in [0.15, 0.2) is 0 Å². The van der Waals surface area contributed by atoms with E-state index in [1.54, 1.807) is 0 Å². The van der Waals surface area contributed by atoms with Crippen molar-refractivity contribution in [1.29, 1.82) is 0 Å². The molecule has 2 heteroatoms. The zero-order chi connectivity index (χ0) is 15.9. The van der Waals surface area contributed by atoms with Crippen molar-refractivity contribution < 1.29 is 9.47 Å². The topological polar surface area (TPSA) is 18.5 Å². The van der Waals surface area contributed by atoms with E-state index in [2.05, 4.69) is 34.6 Å². The molecule has 0 aromatic rings. The Bertz CT molecular complexity index is 206. The van der Waals surface area contributed by atoms with Crippen LogP contribution in [0.2, 0.25) is 0 Å². The van der Waals surface area contributed by atoms with Crippen LogP contribution >= 0.6 is 0 Å². The summed E-state index contributed by atoms with van der Waals surface area (Å²) in [5, 5.41) is 0. The number of rotatable bonds is 15. The monoisotopic (exact) mass is 300 g/mol. The van der Waals surface area contributed by atoms with Gasteiger partial charge in [0.25, 0.3) is 0 Å². The Morgan fingerprint density at radius 2 is 1.24 bits per heavy atom. The lowest BCUT2D eigenvalue weighted by Gasteiger charge is -2.20. The molecule has 0 amide bonds. The summed E-state index contributed by atoms with van der Waals surface area (Å²) in [6, 6.07) is 0. The van der Waals surface area contributed by atoms with Crippen molar-refractivity contribution in [2.24, 2.45) is 11.8 Å². The van der Waals surface area contributed by atoms with Crippen LogP contribution < -0.4 is 0 Å². The highest BCUT2D eigenvalue weighted by molar-refractivity contribution is 4.59. The van der Waals surface area contributed by atoms with Gasteiger partial charge in [-0.05, 0) is 31.6 Å². The van der Waals surface area contributed by atoms with Crippen LogP contribution in [-0.2, 0) is 9.47 Å². The Hall–Kier alpha value is -0.0800. The molecular formula is C19H40O2. The Balaban J connectivity index is 3.70. The quantitative estimate of drug-likeness (QED) is 0.378. The minimum absolute atomic E-state index is 0.226. The zero-order valence-corrected chi connectivity index (χ0v) is 15.3. The molecule has 0 radical (unpaired) electrons. The first kappa shape index (κ1) is 20.9. The van der Waals surface area contributed by atoms with E-state index in [1.165, 1.54) is 51.4 Å². The van der Waals surface area contributed by atoms with Gasteiger partial charge >= 0.3 is 0 Å². The van der Waals surface area contributed by atoms with Gasteiger partial charge in [0.1, 0.15) is 0 Å². The van der Waals surface area contributed by atoms with Crippen molar-refractivity contribution in [2.45, 2.75) is 92.1 Å². The molecule has 0 spiro atoms. The molecule has 0 fully saturated rings. The fourth-order valence-electron chi connectivity index (χ4n) is 2.55. The lowest BCUT2D eigenvalue weighted by molar-refractivity contribution is -0.0295. The highest BCUT2D eigenvalue weighted by Gasteiger charge is 2.11. The summed E-state index contributed by atoms with van der Waals surface area (Å²) in [7, 11) is 0. The molecule has 0 saturated carbocycles. The fourth-order valence-corrected chi connectivity index (χ4v) is 2.55. The molecule has 0 heterocycles. The summed E-state index contributed by atoms with van der Waals surface area (Å²) in [5.41, 5.74) is 0. The predicted molar refractivity (Wildman–Crippen MR) is 92.8 cm³/mol. The van der Waals surface area contributed by atoms with Gasteiger partial charge in [0.05, 0.1) is 12.7 Å². The molecule has 0 aliphatic rings. The van der Waals surface area contributed by atoms with Crippen LogP contribution in [0, 0.1) is 11.8 Å². The average molecular weight is 301 g/mol. The molecule has 128 valence electrons. The molecule has 0 aliphatic heterocycles.